The summed E-state index contributed by atoms with van der Waals surface area (Å²) in [6, 6.07) is 2.20. The van der Waals surface area contributed by atoms with E-state index in [1.807, 2.05) is 11.8 Å². The van der Waals surface area contributed by atoms with Crippen LogP contribution in [0, 0.1) is 5.92 Å². The van der Waals surface area contributed by atoms with E-state index < -0.39 is 0 Å². The molecular weight excluding hydrogens is 354 g/mol. The zero-order chi connectivity index (χ0) is 17.4. The van der Waals surface area contributed by atoms with Crippen LogP contribution in [0.25, 0.3) is 10.8 Å². The largest absolute Gasteiger partial charge is 0.410 e. The van der Waals surface area contributed by atoms with Gasteiger partial charge in [0.25, 0.3) is 11.1 Å². The number of amides is 1. The lowest BCUT2D eigenvalue weighted by Gasteiger charge is -2.18. The van der Waals surface area contributed by atoms with Gasteiger partial charge in [-0.2, -0.15) is 0 Å². The summed E-state index contributed by atoms with van der Waals surface area (Å²) in [6.07, 6.45) is 5.76. The minimum absolute atomic E-state index is 0.169. The van der Waals surface area contributed by atoms with Gasteiger partial charge in [-0.25, -0.2) is 0 Å². The third-order valence-corrected chi connectivity index (χ3v) is 7.14. The van der Waals surface area contributed by atoms with E-state index in [2.05, 4.69) is 23.2 Å². The highest BCUT2D eigenvalue weighted by Gasteiger charge is 2.26. The number of hydrogen-bond acceptors (Lipinski definition) is 6. The molecule has 1 aliphatic carbocycles. The maximum absolute atomic E-state index is 12.4. The van der Waals surface area contributed by atoms with Crippen LogP contribution in [0.4, 0.5) is 0 Å². The maximum atomic E-state index is 12.4. The Kier molecular flexibility index (Phi) is 4.86. The highest BCUT2D eigenvalue weighted by Crippen LogP contribution is 2.37. The van der Waals surface area contributed by atoms with Crippen LogP contribution in [0.2, 0.25) is 0 Å². The number of likely N-dealkylation sites (tertiary alicyclic amines) is 1. The summed E-state index contributed by atoms with van der Waals surface area (Å²) in [5.41, 5.74) is 1.43. The molecule has 0 bridgehead atoms. The van der Waals surface area contributed by atoms with E-state index in [1.165, 1.54) is 28.6 Å². The van der Waals surface area contributed by atoms with E-state index in [-0.39, 0.29) is 11.2 Å². The van der Waals surface area contributed by atoms with Crippen molar-refractivity contribution in [3.63, 3.8) is 0 Å². The highest BCUT2D eigenvalue weighted by atomic mass is 32.2. The van der Waals surface area contributed by atoms with Crippen molar-refractivity contribution in [2.75, 3.05) is 13.1 Å². The van der Waals surface area contributed by atoms with Crippen LogP contribution in [0.15, 0.2) is 15.7 Å². The van der Waals surface area contributed by atoms with Crippen LogP contribution < -0.4 is 0 Å². The Hall–Kier alpha value is -1.34. The Bertz CT molecular complexity index is 764. The third-order valence-electron chi connectivity index (χ3n) is 4.99. The van der Waals surface area contributed by atoms with Gasteiger partial charge in [0.1, 0.15) is 0 Å². The molecule has 2 aliphatic rings. The zero-order valence-electron chi connectivity index (χ0n) is 14.7. The molecule has 0 N–H and O–H groups in total. The van der Waals surface area contributed by atoms with Gasteiger partial charge in [-0.3, -0.25) is 4.79 Å². The molecule has 25 heavy (non-hydrogen) atoms. The molecule has 0 saturated carbocycles. The quantitative estimate of drug-likeness (QED) is 0.753. The molecule has 2 aromatic heterocycles. The molecule has 0 spiro atoms. The Morgan fingerprint density at radius 1 is 1.40 bits per heavy atom. The topological polar surface area (TPSA) is 59.2 Å². The number of hydrogen-bond donors (Lipinski definition) is 0. The van der Waals surface area contributed by atoms with Gasteiger partial charge >= 0.3 is 0 Å². The van der Waals surface area contributed by atoms with Crippen LogP contribution in [-0.2, 0) is 17.6 Å². The Morgan fingerprint density at radius 3 is 3.00 bits per heavy atom. The van der Waals surface area contributed by atoms with Crippen LogP contribution >= 0.6 is 23.1 Å². The summed E-state index contributed by atoms with van der Waals surface area (Å²) < 4.78 is 5.84. The Balaban J connectivity index is 1.44. The lowest BCUT2D eigenvalue weighted by molar-refractivity contribution is -0.129. The summed E-state index contributed by atoms with van der Waals surface area (Å²) in [4.78, 5) is 16.9. The van der Waals surface area contributed by atoms with Gasteiger partial charge in [-0.1, -0.05) is 18.7 Å². The first kappa shape index (κ1) is 17.1. The summed E-state index contributed by atoms with van der Waals surface area (Å²) in [6.45, 7) is 5.97. The summed E-state index contributed by atoms with van der Waals surface area (Å²) in [5, 5.41) is 8.64. The average Bonchev–Trinajstić information content (AvgIpc) is 3.33. The molecule has 1 fully saturated rings. The van der Waals surface area contributed by atoms with E-state index in [1.54, 1.807) is 11.3 Å². The first-order valence-corrected chi connectivity index (χ1v) is 10.7. The zero-order valence-corrected chi connectivity index (χ0v) is 16.3. The van der Waals surface area contributed by atoms with Crippen molar-refractivity contribution in [1.29, 1.82) is 0 Å². The molecule has 0 radical (unpaired) electrons. The first-order chi connectivity index (χ1) is 12.1. The number of aromatic nitrogens is 2. The van der Waals surface area contributed by atoms with Crippen LogP contribution in [0.5, 0.6) is 0 Å². The number of carbonyl (C=O) groups excluding carboxylic acids is 1. The number of nitrogens with zero attached hydrogens (tertiary/aromatic N) is 3. The van der Waals surface area contributed by atoms with Gasteiger partial charge in [0.2, 0.25) is 5.91 Å². The smallest absolute Gasteiger partial charge is 0.277 e. The highest BCUT2D eigenvalue weighted by molar-refractivity contribution is 8.00. The average molecular weight is 378 g/mol. The molecule has 2 atom stereocenters. The van der Waals surface area contributed by atoms with E-state index in [4.69, 9.17) is 4.42 Å². The molecule has 1 saturated heterocycles. The van der Waals surface area contributed by atoms with E-state index in [0.29, 0.717) is 11.1 Å². The number of rotatable bonds is 4. The molecule has 4 rings (SSSR count). The molecule has 2 aromatic rings. The molecule has 134 valence electrons. The first-order valence-electron chi connectivity index (χ1n) is 9.01. The van der Waals surface area contributed by atoms with Crippen LogP contribution in [0.3, 0.4) is 0 Å². The van der Waals surface area contributed by atoms with Crippen molar-refractivity contribution in [1.82, 2.24) is 15.1 Å². The monoisotopic (exact) mass is 377 g/mol. The molecule has 5 nitrogen and oxygen atoms in total. The van der Waals surface area contributed by atoms with Crippen LogP contribution in [0.1, 0.15) is 43.6 Å². The predicted octanol–water partition coefficient (Wildman–Crippen LogP) is 4.03. The molecule has 3 heterocycles. The van der Waals surface area contributed by atoms with Crippen molar-refractivity contribution < 1.29 is 9.21 Å². The van der Waals surface area contributed by atoms with Crippen molar-refractivity contribution in [3.05, 3.63) is 16.5 Å². The SMILES string of the molecule is CC1CCc2sc(-c3nnc(SC(C)C(=O)N4CCCC4)o3)cc2C1. The van der Waals surface area contributed by atoms with Crippen LogP contribution in [-0.4, -0.2) is 39.3 Å². The number of thiophene rings is 1. The number of thioether (sulfide) groups is 1. The second kappa shape index (κ2) is 7.11. The minimum atomic E-state index is -0.191. The number of aryl methyl sites for hydroxylation is 1. The molecule has 7 heteroatoms. The van der Waals surface area contributed by atoms with Gasteiger partial charge in [0.05, 0.1) is 10.1 Å². The molecule has 2 unspecified atom stereocenters. The fraction of sp³-hybridized carbons (Fsp3) is 0.611. The molecule has 1 amide bonds. The summed E-state index contributed by atoms with van der Waals surface area (Å²) in [7, 11) is 0. The summed E-state index contributed by atoms with van der Waals surface area (Å²) >= 11 is 3.13. The Labute approximate surface area is 156 Å². The second-order valence-corrected chi connectivity index (χ2v) is 9.50. The molecule has 1 aliphatic heterocycles. The van der Waals surface area contributed by atoms with Gasteiger partial charge < -0.3 is 9.32 Å². The minimum Gasteiger partial charge on any atom is -0.410 e. The van der Waals surface area contributed by atoms with Gasteiger partial charge in [-0.15, -0.1) is 21.5 Å². The van der Waals surface area contributed by atoms with E-state index in [0.717, 1.165) is 49.6 Å². The van der Waals surface area contributed by atoms with Crippen molar-refractivity contribution >= 4 is 29.0 Å². The predicted molar refractivity (Wildman–Crippen MR) is 99.9 cm³/mol. The second-order valence-electron chi connectivity index (χ2n) is 7.07. The normalized spacial score (nSPS) is 21.4. The maximum Gasteiger partial charge on any atom is 0.277 e. The number of carbonyl (C=O) groups is 1. The van der Waals surface area contributed by atoms with E-state index in [9.17, 15) is 4.79 Å². The molecule has 0 aromatic carbocycles. The number of fused-ring (bicyclic) bond motifs is 1. The lowest BCUT2D eigenvalue weighted by atomic mass is 9.90. The van der Waals surface area contributed by atoms with Crippen molar-refractivity contribution in [2.45, 2.75) is 56.4 Å². The fourth-order valence-corrected chi connectivity index (χ4v) is 5.46. The standard InChI is InChI=1S/C18H23N3O2S2/c1-11-5-6-14-13(9-11)10-15(25-14)16-19-20-18(23-16)24-12(2)17(22)21-7-3-4-8-21/h10-12H,3-9H2,1-2H3. The third kappa shape index (κ3) is 3.62. The fourth-order valence-electron chi connectivity index (χ4n) is 3.56. The van der Waals surface area contributed by atoms with Crippen molar-refractivity contribution in [3.8, 4) is 10.8 Å². The van der Waals surface area contributed by atoms with Gasteiger partial charge in [0.15, 0.2) is 0 Å². The summed E-state index contributed by atoms with van der Waals surface area (Å²) in [5.74, 6) is 1.50. The van der Waals surface area contributed by atoms with Gasteiger partial charge in [-0.05, 0) is 56.6 Å². The lowest BCUT2D eigenvalue weighted by Crippen LogP contribution is -2.34. The van der Waals surface area contributed by atoms with E-state index >= 15 is 0 Å². The molecular formula is C18H23N3O2S2. The van der Waals surface area contributed by atoms with Gasteiger partial charge in [0, 0.05) is 18.0 Å². The van der Waals surface area contributed by atoms with Crippen molar-refractivity contribution in [2.24, 2.45) is 5.92 Å². The Morgan fingerprint density at radius 2 is 2.20 bits per heavy atom.